The predicted molar refractivity (Wildman–Crippen MR) is 124 cm³/mol. The summed E-state index contributed by atoms with van der Waals surface area (Å²) in [5, 5.41) is 10.5. The van der Waals surface area contributed by atoms with E-state index in [-0.39, 0.29) is 18.2 Å². The molecule has 0 amide bonds. The van der Waals surface area contributed by atoms with Crippen molar-refractivity contribution < 1.29 is 24.1 Å². The van der Waals surface area contributed by atoms with Crippen molar-refractivity contribution in [3.8, 4) is 0 Å². The molecule has 2 atom stereocenters. The summed E-state index contributed by atoms with van der Waals surface area (Å²) in [4.78, 5) is 11.7. The van der Waals surface area contributed by atoms with Gasteiger partial charge in [0.2, 0.25) is 0 Å². The summed E-state index contributed by atoms with van der Waals surface area (Å²) >= 11 is 0. The summed E-state index contributed by atoms with van der Waals surface area (Å²) < 4.78 is 16.0. The second-order valence-corrected chi connectivity index (χ2v) is 8.34. The zero-order valence-corrected chi connectivity index (χ0v) is 20.2. The lowest BCUT2D eigenvalue weighted by Gasteiger charge is -2.23. The van der Waals surface area contributed by atoms with Crippen LogP contribution in [0, 0.1) is 0 Å². The summed E-state index contributed by atoms with van der Waals surface area (Å²) in [7, 11) is 1.68. The van der Waals surface area contributed by atoms with Gasteiger partial charge in [0.15, 0.2) is 0 Å². The first kappa shape index (κ1) is 29.4. The van der Waals surface area contributed by atoms with Gasteiger partial charge in [-0.25, -0.2) is 0 Å². The van der Waals surface area contributed by atoms with Gasteiger partial charge in [0, 0.05) is 26.7 Å². The average molecular weight is 431 g/mol. The lowest BCUT2D eigenvalue weighted by atomic mass is 9.99. The number of aliphatic hydroxyl groups is 1. The number of carbonyl (C=O) groups is 1. The highest BCUT2D eigenvalue weighted by Crippen LogP contribution is 2.17. The third kappa shape index (κ3) is 19.3. The summed E-state index contributed by atoms with van der Waals surface area (Å²) in [6.07, 6.45) is 16.5. The molecule has 5 heteroatoms. The Balaban J connectivity index is 3.67. The quantitative estimate of drug-likeness (QED) is 0.154. The van der Waals surface area contributed by atoms with E-state index in [0.29, 0.717) is 19.6 Å². The highest BCUT2D eigenvalue weighted by atomic mass is 16.5. The maximum Gasteiger partial charge on any atom is 0.305 e. The Kier molecular flexibility index (Phi) is 22.5. The second kappa shape index (κ2) is 23.0. The molecular weight excluding hydrogens is 380 g/mol. The Morgan fingerprint density at radius 2 is 1.37 bits per heavy atom. The van der Waals surface area contributed by atoms with E-state index >= 15 is 0 Å². The molecule has 0 radical (unpaired) electrons. The number of unbranched alkanes of at least 4 members (excludes halogenated alkanes) is 10. The monoisotopic (exact) mass is 430 g/mol. The molecule has 0 rings (SSSR count). The fourth-order valence-electron chi connectivity index (χ4n) is 3.67. The number of aliphatic hydroxyl groups excluding tert-OH is 1. The average Bonchev–Trinajstić information content (AvgIpc) is 2.74. The molecule has 0 aromatic rings. The molecule has 0 aliphatic rings. The van der Waals surface area contributed by atoms with Gasteiger partial charge in [-0.1, -0.05) is 71.1 Å². The third-order valence-corrected chi connectivity index (χ3v) is 5.54. The van der Waals surface area contributed by atoms with Crippen molar-refractivity contribution in [3.05, 3.63) is 0 Å². The first-order valence-corrected chi connectivity index (χ1v) is 12.6. The second-order valence-electron chi connectivity index (χ2n) is 8.34. The Morgan fingerprint density at radius 3 is 2.03 bits per heavy atom. The third-order valence-electron chi connectivity index (χ3n) is 5.54. The zero-order valence-electron chi connectivity index (χ0n) is 20.2. The Hall–Kier alpha value is -0.650. The van der Waals surface area contributed by atoms with Crippen LogP contribution in [0.25, 0.3) is 0 Å². The molecule has 0 aliphatic carbocycles. The molecule has 0 aliphatic heterocycles. The van der Waals surface area contributed by atoms with Crippen molar-refractivity contribution in [3.63, 3.8) is 0 Å². The summed E-state index contributed by atoms with van der Waals surface area (Å²) in [5.41, 5.74) is 0. The molecule has 30 heavy (non-hydrogen) atoms. The Labute approximate surface area is 186 Å². The van der Waals surface area contributed by atoms with Crippen molar-refractivity contribution in [1.82, 2.24) is 0 Å². The van der Waals surface area contributed by atoms with E-state index in [2.05, 4.69) is 6.92 Å². The van der Waals surface area contributed by atoms with Gasteiger partial charge in [-0.3, -0.25) is 4.79 Å². The van der Waals surface area contributed by atoms with Crippen LogP contribution in [-0.4, -0.2) is 50.2 Å². The number of esters is 1. The minimum atomic E-state index is -0.338. The lowest BCUT2D eigenvalue weighted by molar-refractivity contribution is -0.143. The van der Waals surface area contributed by atoms with Crippen molar-refractivity contribution >= 4 is 5.97 Å². The van der Waals surface area contributed by atoms with E-state index in [1.165, 1.54) is 32.1 Å². The molecule has 0 heterocycles. The maximum atomic E-state index is 11.7. The molecule has 0 saturated heterocycles. The van der Waals surface area contributed by atoms with Crippen LogP contribution in [0.3, 0.4) is 0 Å². The van der Waals surface area contributed by atoms with E-state index in [1.54, 1.807) is 7.11 Å². The van der Waals surface area contributed by atoms with E-state index in [4.69, 9.17) is 14.2 Å². The molecular formula is C25H50O5. The van der Waals surface area contributed by atoms with Crippen molar-refractivity contribution in [2.24, 2.45) is 0 Å². The molecule has 0 aromatic carbocycles. The molecule has 0 aromatic heterocycles. The topological polar surface area (TPSA) is 65.0 Å². The summed E-state index contributed by atoms with van der Waals surface area (Å²) in [6, 6.07) is 0. The predicted octanol–water partition coefficient (Wildman–Crippen LogP) is 6.20. The van der Waals surface area contributed by atoms with Crippen molar-refractivity contribution in [1.29, 1.82) is 0 Å². The SMILES string of the molecule is CCCCCCCCC(O)C(CCCCCCCC(=O)OCCCCOC)OCC. The Morgan fingerprint density at radius 1 is 0.767 bits per heavy atom. The number of methoxy groups -OCH3 is 1. The van der Waals surface area contributed by atoms with E-state index in [1.807, 2.05) is 6.92 Å². The fourth-order valence-corrected chi connectivity index (χ4v) is 3.67. The minimum Gasteiger partial charge on any atom is -0.466 e. The van der Waals surface area contributed by atoms with Crippen LogP contribution >= 0.6 is 0 Å². The normalized spacial score (nSPS) is 13.3. The molecule has 0 spiro atoms. The first-order chi connectivity index (χ1) is 14.7. The van der Waals surface area contributed by atoms with Crippen molar-refractivity contribution in [2.75, 3.05) is 26.9 Å². The number of carbonyl (C=O) groups excluding carboxylic acids is 1. The minimum absolute atomic E-state index is 0.0290. The smallest absolute Gasteiger partial charge is 0.305 e. The van der Waals surface area contributed by atoms with Crippen LogP contribution in [0.5, 0.6) is 0 Å². The number of hydrogen-bond acceptors (Lipinski definition) is 5. The van der Waals surface area contributed by atoms with Crippen LogP contribution in [0.1, 0.15) is 117 Å². The molecule has 5 nitrogen and oxygen atoms in total. The molecule has 1 N–H and O–H groups in total. The number of rotatable bonds is 23. The highest BCUT2D eigenvalue weighted by Gasteiger charge is 2.18. The van der Waals surface area contributed by atoms with Gasteiger partial charge >= 0.3 is 5.97 Å². The summed E-state index contributed by atoms with van der Waals surface area (Å²) in [5.74, 6) is -0.0818. The molecule has 0 bridgehead atoms. The largest absolute Gasteiger partial charge is 0.466 e. The van der Waals surface area contributed by atoms with Gasteiger partial charge in [-0.05, 0) is 39.0 Å². The lowest BCUT2D eigenvalue weighted by Crippen LogP contribution is -2.29. The van der Waals surface area contributed by atoms with E-state index in [0.717, 1.165) is 70.8 Å². The van der Waals surface area contributed by atoms with Gasteiger partial charge in [-0.2, -0.15) is 0 Å². The fraction of sp³-hybridized carbons (Fsp3) is 0.960. The maximum absolute atomic E-state index is 11.7. The molecule has 0 fully saturated rings. The van der Waals surface area contributed by atoms with Crippen LogP contribution in [0.4, 0.5) is 0 Å². The molecule has 0 saturated carbocycles. The van der Waals surface area contributed by atoms with Gasteiger partial charge in [-0.15, -0.1) is 0 Å². The molecule has 2 unspecified atom stereocenters. The van der Waals surface area contributed by atoms with E-state index in [9.17, 15) is 9.90 Å². The van der Waals surface area contributed by atoms with E-state index < -0.39 is 0 Å². The first-order valence-electron chi connectivity index (χ1n) is 12.6. The number of ether oxygens (including phenoxy) is 3. The highest BCUT2D eigenvalue weighted by molar-refractivity contribution is 5.69. The van der Waals surface area contributed by atoms with Gasteiger partial charge < -0.3 is 19.3 Å². The zero-order chi connectivity index (χ0) is 22.3. The van der Waals surface area contributed by atoms with Crippen LogP contribution in [-0.2, 0) is 19.0 Å². The standard InChI is InChI=1S/C25H50O5/c1-4-6-7-8-10-13-18-23(26)24(29-5-2)19-14-11-9-12-15-20-25(27)30-22-17-16-21-28-3/h23-24,26H,4-22H2,1-3H3. The summed E-state index contributed by atoms with van der Waals surface area (Å²) in [6.45, 7) is 6.12. The van der Waals surface area contributed by atoms with Crippen LogP contribution in [0.15, 0.2) is 0 Å². The Bertz CT molecular complexity index is 361. The van der Waals surface area contributed by atoms with Gasteiger partial charge in [0.05, 0.1) is 18.8 Å². The van der Waals surface area contributed by atoms with Crippen LogP contribution in [0.2, 0.25) is 0 Å². The molecule has 180 valence electrons. The van der Waals surface area contributed by atoms with Gasteiger partial charge in [0.1, 0.15) is 0 Å². The number of hydrogen-bond donors (Lipinski definition) is 1. The van der Waals surface area contributed by atoms with Gasteiger partial charge in [0.25, 0.3) is 0 Å². The van der Waals surface area contributed by atoms with Crippen LogP contribution < -0.4 is 0 Å². The van der Waals surface area contributed by atoms with Crippen molar-refractivity contribution in [2.45, 2.75) is 129 Å².